The van der Waals surface area contributed by atoms with Gasteiger partial charge in [0.05, 0.1) is 49.6 Å². The number of carbonyl (C=O) groups is 4. The highest BCUT2D eigenvalue weighted by atomic mass is 16.6. The zero-order valence-electron chi connectivity index (χ0n) is 36.9. The van der Waals surface area contributed by atoms with E-state index >= 15 is 14.4 Å². The number of esters is 1. The Morgan fingerprint density at radius 1 is 0.746 bits per heavy atom. The number of aliphatic hydroxyl groups excluding tert-OH is 1. The molecule has 3 N–H and O–H groups in total. The number of amides is 4. The summed E-state index contributed by atoms with van der Waals surface area (Å²) in [4.78, 5) is 67.8. The van der Waals surface area contributed by atoms with E-state index in [4.69, 9.17) is 14.2 Å². The van der Waals surface area contributed by atoms with Crippen molar-refractivity contribution in [2.45, 2.75) is 42.6 Å². The Morgan fingerprint density at radius 3 is 2.04 bits per heavy atom. The molecule has 0 saturated carbocycles. The van der Waals surface area contributed by atoms with Crippen LogP contribution in [0.25, 0.3) is 0 Å². The van der Waals surface area contributed by atoms with Gasteiger partial charge in [0.2, 0.25) is 11.8 Å². The maximum absolute atomic E-state index is 16.4. The molecule has 0 aliphatic carbocycles. The van der Waals surface area contributed by atoms with Crippen LogP contribution in [0.3, 0.4) is 0 Å². The quantitative estimate of drug-likeness (QED) is 0.111. The maximum atomic E-state index is 16.4. The van der Waals surface area contributed by atoms with Gasteiger partial charge < -0.3 is 34.9 Å². The number of fused-ring (bicyclic) bond motifs is 3. The summed E-state index contributed by atoms with van der Waals surface area (Å²) >= 11 is 0. The number of urea groups is 1. The first-order chi connectivity index (χ1) is 32.8. The van der Waals surface area contributed by atoms with Crippen molar-refractivity contribution in [1.82, 2.24) is 10.2 Å². The second kappa shape index (κ2) is 18.5. The number of anilines is 3. The highest BCUT2D eigenvalue weighted by Crippen LogP contribution is 2.66. The molecule has 3 saturated heterocycles. The minimum Gasteiger partial charge on any atom is -0.491 e. The number of nitrogens with one attached hydrogen (secondary N) is 2. The second-order valence-electron chi connectivity index (χ2n) is 17.3. The first kappa shape index (κ1) is 43.6. The van der Waals surface area contributed by atoms with Gasteiger partial charge in [-0.1, -0.05) is 121 Å². The van der Waals surface area contributed by atoms with E-state index < -0.39 is 65.4 Å². The predicted octanol–water partition coefficient (Wildman–Crippen LogP) is 7.67. The summed E-state index contributed by atoms with van der Waals surface area (Å²) in [6, 6.07) is 46.0. The lowest BCUT2D eigenvalue weighted by molar-refractivity contribution is -0.177. The molecule has 6 aromatic rings. The van der Waals surface area contributed by atoms with Crippen molar-refractivity contribution < 1.29 is 38.5 Å². The molecule has 0 bridgehead atoms. The summed E-state index contributed by atoms with van der Waals surface area (Å²) in [5.41, 5.74) is 3.20. The van der Waals surface area contributed by atoms with Crippen LogP contribution in [0.4, 0.5) is 21.9 Å². The maximum Gasteiger partial charge on any atom is 0.329 e. The molecule has 340 valence electrons. The Balaban J connectivity index is 1.18. The topological polar surface area (TPSA) is 150 Å². The van der Waals surface area contributed by atoms with Crippen LogP contribution in [0.15, 0.2) is 164 Å². The summed E-state index contributed by atoms with van der Waals surface area (Å²) in [6.07, 6.45) is -0.869. The molecule has 6 aromatic carbocycles. The zero-order chi connectivity index (χ0) is 46.1. The van der Waals surface area contributed by atoms with Gasteiger partial charge in [0.1, 0.15) is 29.9 Å². The number of hydrogen-bond donors (Lipinski definition) is 3. The molecule has 0 aromatic heterocycles. The molecule has 1 spiro atoms. The summed E-state index contributed by atoms with van der Waals surface area (Å²) in [6.45, 7) is 4.40. The van der Waals surface area contributed by atoms with Gasteiger partial charge in [0.15, 0.2) is 0 Å². The van der Waals surface area contributed by atoms with Gasteiger partial charge in [-0.25, -0.2) is 9.69 Å². The van der Waals surface area contributed by atoms with Crippen molar-refractivity contribution in [2.24, 2.45) is 5.92 Å². The smallest absolute Gasteiger partial charge is 0.329 e. The van der Waals surface area contributed by atoms with E-state index in [9.17, 15) is 9.90 Å². The Labute approximate surface area is 388 Å². The molecule has 10 rings (SSSR count). The Bertz CT molecular complexity index is 2740. The van der Waals surface area contributed by atoms with Crippen LogP contribution in [-0.4, -0.2) is 79.4 Å². The third kappa shape index (κ3) is 7.78. The van der Waals surface area contributed by atoms with Gasteiger partial charge in [-0.3, -0.25) is 19.3 Å². The minimum absolute atomic E-state index is 0.0641. The average molecular weight is 898 g/mol. The van der Waals surface area contributed by atoms with Crippen LogP contribution >= 0.6 is 0 Å². The van der Waals surface area contributed by atoms with E-state index in [1.165, 1.54) is 0 Å². The molecule has 13 heteroatoms. The number of ether oxygens (including phenoxy) is 3. The fourth-order valence-electron chi connectivity index (χ4n) is 10.6. The summed E-state index contributed by atoms with van der Waals surface area (Å²) in [7, 11) is 0. The molecule has 4 aliphatic rings. The van der Waals surface area contributed by atoms with Crippen molar-refractivity contribution in [1.29, 1.82) is 0 Å². The van der Waals surface area contributed by atoms with Gasteiger partial charge in [-0.05, 0) is 77.2 Å². The number of imide groups is 1. The van der Waals surface area contributed by atoms with Crippen LogP contribution in [0.1, 0.15) is 59.0 Å². The molecule has 0 radical (unpaired) electrons. The van der Waals surface area contributed by atoms with E-state index in [1.807, 2.05) is 139 Å². The molecule has 4 aliphatic heterocycles. The number of cyclic esters (lactones) is 1. The number of carbonyl (C=O) groups excluding carboxylic acids is 4. The molecule has 3 fully saturated rings. The zero-order valence-corrected chi connectivity index (χ0v) is 36.9. The van der Waals surface area contributed by atoms with Crippen molar-refractivity contribution in [3.05, 3.63) is 192 Å². The fourth-order valence-corrected chi connectivity index (χ4v) is 10.6. The average Bonchev–Trinajstić information content (AvgIpc) is 3.84. The van der Waals surface area contributed by atoms with E-state index in [0.29, 0.717) is 41.5 Å². The predicted molar refractivity (Wildman–Crippen MR) is 252 cm³/mol. The van der Waals surface area contributed by atoms with E-state index in [1.54, 1.807) is 36.4 Å². The van der Waals surface area contributed by atoms with Crippen molar-refractivity contribution in [3.8, 4) is 5.75 Å². The Morgan fingerprint density at radius 2 is 1.37 bits per heavy atom. The third-order valence-corrected chi connectivity index (χ3v) is 13.6. The summed E-state index contributed by atoms with van der Waals surface area (Å²) in [5.74, 6) is -2.91. The SMILES string of the molecule is C[C@@H](NC(=O)N1C(=O)[C@@]2(c3ccccc31)[C@H](c1ccc(OCCO)cc1)N1[C@H](c3ccccc3)[C@H](c3ccccc3)OC(=O)[C@H]1[C@@H]2C(=O)Nc1ccc(N2CCOCC2)cc1)c1ccccc1. The third-order valence-electron chi connectivity index (χ3n) is 13.6. The number of hydrogen-bond acceptors (Lipinski definition) is 10. The number of aliphatic hydroxyl groups is 1. The monoisotopic (exact) mass is 897 g/mol. The molecule has 4 amide bonds. The number of nitrogens with zero attached hydrogens (tertiary/aromatic N) is 3. The second-order valence-corrected chi connectivity index (χ2v) is 17.3. The van der Waals surface area contributed by atoms with E-state index in [2.05, 4.69) is 15.5 Å². The molecule has 0 unspecified atom stereocenters. The van der Waals surface area contributed by atoms with E-state index in [0.717, 1.165) is 40.4 Å². The van der Waals surface area contributed by atoms with E-state index in [-0.39, 0.29) is 13.2 Å². The first-order valence-electron chi connectivity index (χ1n) is 22.7. The molecular formula is C54H51N5O8. The largest absolute Gasteiger partial charge is 0.491 e. The lowest BCUT2D eigenvalue weighted by atomic mass is 9.65. The normalized spacial score (nSPS) is 23.8. The molecule has 67 heavy (non-hydrogen) atoms. The fraction of sp³-hybridized carbons (Fsp3) is 0.259. The van der Waals surface area contributed by atoms with Gasteiger partial charge in [-0.15, -0.1) is 0 Å². The number of para-hydroxylation sites is 1. The number of morpholine rings is 2. The highest BCUT2D eigenvalue weighted by molar-refractivity contribution is 6.25. The summed E-state index contributed by atoms with van der Waals surface area (Å²) in [5, 5.41) is 15.8. The summed E-state index contributed by atoms with van der Waals surface area (Å²) < 4.78 is 18.0. The van der Waals surface area contributed by atoms with Crippen LogP contribution in [-0.2, 0) is 29.3 Å². The van der Waals surface area contributed by atoms with Crippen molar-refractivity contribution in [2.75, 3.05) is 54.6 Å². The Hall–Kier alpha value is -7.32. The standard InChI is InChI=1S/C54H51N5O8/c1-35(36-13-5-2-6-14-36)55-53(64)58-44-20-12-11-19-43(44)54(52(58)63)45(50(61)56-40-23-25-41(26-24-40)57-29-32-65-33-30-57)47-51(62)67-48(38-17-9-4-10-18-38)46(37-15-7-3-8-16-37)59(47)49(54)39-21-27-42(28-22-39)66-34-31-60/h2-28,35,45-49,60H,29-34H2,1H3,(H,55,64)(H,56,61)/t35-,45-,46-,47-,48+,49+,54-/m1/s1. The van der Waals surface area contributed by atoms with Crippen molar-refractivity contribution >= 4 is 40.9 Å². The Kier molecular flexibility index (Phi) is 12.0. The number of rotatable bonds is 11. The van der Waals surface area contributed by atoms with Gasteiger partial charge in [-0.2, -0.15) is 0 Å². The van der Waals surface area contributed by atoms with Crippen LogP contribution < -0.4 is 25.2 Å². The molecular weight excluding hydrogens is 847 g/mol. The number of benzene rings is 6. The van der Waals surface area contributed by atoms with Crippen LogP contribution in [0, 0.1) is 5.92 Å². The lowest BCUT2D eigenvalue weighted by Crippen LogP contribution is -2.55. The molecule has 13 nitrogen and oxygen atoms in total. The van der Waals surface area contributed by atoms with Crippen LogP contribution in [0.5, 0.6) is 5.75 Å². The molecule has 7 atom stereocenters. The van der Waals surface area contributed by atoms with Gasteiger partial charge in [0.25, 0.3) is 0 Å². The van der Waals surface area contributed by atoms with Crippen molar-refractivity contribution in [3.63, 3.8) is 0 Å². The first-order valence-corrected chi connectivity index (χ1v) is 22.7. The highest BCUT2D eigenvalue weighted by Gasteiger charge is 2.75. The molecule has 4 heterocycles. The minimum atomic E-state index is -1.91. The van der Waals surface area contributed by atoms with Crippen LogP contribution in [0.2, 0.25) is 0 Å². The van der Waals surface area contributed by atoms with Gasteiger partial charge >= 0.3 is 12.0 Å². The lowest BCUT2D eigenvalue weighted by Gasteiger charge is -2.46. The van der Waals surface area contributed by atoms with Gasteiger partial charge in [0, 0.05) is 24.5 Å².